The third kappa shape index (κ3) is 7.75. The average molecular weight is 812 g/mol. The average Bonchev–Trinajstić information content (AvgIpc) is 3.82. The van der Waals surface area contributed by atoms with Gasteiger partial charge in [-0.3, -0.25) is 9.97 Å². The molecule has 1 aliphatic carbocycles. The van der Waals surface area contributed by atoms with Crippen LogP contribution in [0.5, 0.6) is 0 Å². The molecule has 1 saturated carbocycles. The molecule has 5 heteroatoms. The van der Waals surface area contributed by atoms with Crippen molar-refractivity contribution in [1.29, 1.82) is 0 Å². The van der Waals surface area contributed by atoms with Crippen LogP contribution in [0.25, 0.3) is 72.6 Å². The topological polar surface area (TPSA) is 56.5 Å². The quantitative estimate of drug-likeness (QED) is 0.146. The summed E-state index contributed by atoms with van der Waals surface area (Å²) in [6, 6.07) is 73.5. The molecule has 7 aromatic carbocycles. The highest BCUT2D eigenvalue weighted by Gasteiger charge is 2.34. The van der Waals surface area contributed by atoms with E-state index in [9.17, 15) is 0 Å². The summed E-state index contributed by atoms with van der Waals surface area (Å²) < 4.78 is 0. The predicted octanol–water partition coefficient (Wildman–Crippen LogP) is 14.4. The first-order valence-electron chi connectivity index (χ1n) is 22.0. The highest BCUT2D eigenvalue weighted by molar-refractivity contribution is 5.75. The van der Waals surface area contributed by atoms with Crippen molar-refractivity contribution in [2.24, 2.45) is 0 Å². The van der Waals surface area contributed by atoms with Gasteiger partial charge in [-0.15, -0.1) is 10.2 Å². The monoisotopic (exact) mass is 811 g/mol. The first-order chi connectivity index (χ1) is 31.2. The van der Waals surface area contributed by atoms with Crippen molar-refractivity contribution in [2.75, 3.05) is 0 Å². The fourth-order valence-corrected chi connectivity index (χ4v) is 9.84. The van der Waals surface area contributed by atoms with E-state index in [0.29, 0.717) is 17.8 Å². The van der Waals surface area contributed by atoms with Crippen LogP contribution in [-0.2, 0) is 0 Å². The molecule has 0 bridgehead atoms. The lowest BCUT2D eigenvalue weighted by Crippen LogP contribution is -2.21. The summed E-state index contributed by atoms with van der Waals surface area (Å²) in [6.45, 7) is 0. The molecular formula is C58H45N5. The second kappa shape index (κ2) is 16.9. The Bertz CT molecular complexity index is 2970. The summed E-state index contributed by atoms with van der Waals surface area (Å²) >= 11 is 0. The number of rotatable bonds is 9. The molecule has 0 amide bonds. The van der Waals surface area contributed by atoms with Crippen molar-refractivity contribution in [2.45, 2.75) is 37.0 Å². The summed E-state index contributed by atoms with van der Waals surface area (Å²) in [5.41, 5.74) is 18.4. The molecule has 11 rings (SSSR count). The van der Waals surface area contributed by atoms with Gasteiger partial charge in [0.25, 0.3) is 0 Å². The molecule has 2 atom stereocenters. The minimum absolute atomic E-state index is 0.306. The van der Waals surface area contributed by atoms with Gasteiger partial charge in [0.05, 0.1) is 17.1 Å². The molecule has 3 heterocycles. The Labute approximate surface area is 368 Å². The van der Waals surface area contributed by atoms with Gasteiger partial charge in [-0.25, -0.2) is 0 Å². The van der Waals surface area contributed by atoms with Crippen molar-refractivity contribution >= 4 is 11.0 Å². The first kappa shape index (κ1) is 38.2. The van der Waals surface area contributed by atoms with Crippen molar-refractivity contribution in [3.05, 3.63) is 235 Å². The van der Waals surface area contributed by atoms with Gasteiger partial charge in [0.2, 0.25) is 0 Å². The minimum Gasteiger partial charge on any atom is -0.256 e. The van der Waals surface area contributed by atoms with Crippen LogP contribution in [-0.4, -0.2) is 25.0 Å². The Morgan fingerprint density at radius 2 is 0.683 bits per heavy atom. The second-order valence-corrected chi connectivity index (χ2v) is 16.7. The van der Waals surface area contributed by atoms with Gasteiger partial charge in [-0.05, 0) is 112 Å². The molecule has 3 aromatic heterocycles. The van der Waals surface area contributed by atoms with Crippen LogP contribution in [0.15, 0.2) is 219 Å². The fraction of sp³-hybridized carbons (Fsp3) is 0.103. The second-order valence-electron chi connectivity index (χ2n) is 16.7. The summed E-state index contributed by atoms with van der Waals surface area (Å²) in [4.78, 5) is 11.7. The number of hydrogen-bond acceptors (Lipinski definition) is 4. The van der Waals surface area contributed by atoms with Crippen molar-refractivity contribution in [3.63, 3.8) is 0 Å². The Hall–Kier alpha value is -7.76. The standard InChI is InChI=1S/C58H45N5/c1-3-15-41(16-4-1)55-33-29-43(38-59-55)50-20-8-11-23-53(50)46-35-45(36-47(37-46)54-24-12-9-21-51(54)44-30-34-56(60-39-44)42-17-5-2-6-18-42)52-22-10-7-19-49(52)40-27-31-48(32-28-40)63-61-57-25-13-14-26-58(57)62-63/h1-34,38-39,45-47H,35-37H2. The Morgan fingerprint density at radius 3 is 1.10 bits per heavy atom. The molecule has 63 heavy (non-hydrogen) atoms. The summed E-state index contributed by atoms with van der Waals surface area (Å²) in [5, 5.41) is 9.48. The van der Waals surface area contributed by atoms with E-state index in [0.717, 1.165) is 69.6 Å². The highest BCUT2D eigenvalue weighted by atomic mass is 15.5. The third-order valence-corrected chi connectivity index (χ3v) is 12.9. The summed E-state index contributed by atoms with van der Waals surface area (Å²) in [6.07, 6.45) is 7.23. The lowest BCUT2D eigenvalue weighted by atomic mass is 9.66. The van der Waals surface area contributed by atoms with Crippen LogP contribution < -0.4 is 0 Å². The van der Waals surface area contributed by atoms with Gasteiger partial charge in [0.1, 0.15) is 11.0 Å². The molecule has 1 aliphatic rings. The zero-order valence-corrected chi connectivity index (χ0v) is 34.9. The molecule has 1 fully saturated rings. The number of benzene rings is 7. The van der Waals surface area contributed by atoms with Crippen LogP contribution in [0.2, 0.25) is 0 Å². The first-order valence-corrected chi connectivity index (χ1v) is 22.0. The lowest BCUT2D eigenvalue weighted by Gasteiger charge is -2.38. The molecule has 2 unspecified atom stereocenters. The summed E-state index contributed by atoms with van der Waals surface area (Å²) in [7, 11) is 0. The van der Waals surface area contributed by atoms with Crippen molar-refractivity contribution in [1.82, 2.24) is 25.0 Å². The van der Waals surface area contributed by atoms with E-state index in [1.807, 2.05) is 36.4 Å². The zero-order chi connectivity index (χ0) is 42.0. The maximum Gasteiger partial charge on any atom is 0.113 e. The van der Waals surface area contributed by atoms with Crippen LogP contribution in [0.4, 0.5) is 0 Å². The van der Waals surface area contributed by atoms with Crippen LogP contribution in [0.1, 0.15) is 53.7 Å². The smallest absolute Gasteiger partial charge is 0.113 e. The largest absolute Gasteiger partial charge is 0.256 e. The Balaban J connectivity index is 0.974. The summed E-state index contributed by atoms with van der Waals surface area (Å²) in [5.74, 6) is 0.919. The number of hydrogen-bond donors (Lipinski definition) is 0. The molecule has 0 aliphatic heterocycles. The van der Waals surface area contributed by atoms with E-state index in [1.54, 1.807) is 4.80 Å². The number of fused-ring (bicyclic) bond motifs is 1. The maximum atomic E-state index is 4.97. The number of pyridine rings is 2. The molecule has 0 N–H and O–H groups in total. The molecule has 10 aromatic rings. The van der Waals surface area contributed by atoms with Gasteiger partial charge in [-0.1, -0.05) is 170 Å². The van der Waals surface area contributed by atoms with E-state index in [1.165, 1.54) is 38.9 Å². The minimum atomic E-state index is 0.306. The SMILES string of the molecule is c1ccc(-c2ccc(-c3ccccc3C3CC(c4ccccc4-c4ccc(-n5nc6ccccc6n5)cc4)CC(c4ccccc4-c4ccc(-c5ccccc5)nc4)C3)cn2)cc1. The maximum absolute atomic E-state index is 4.97. The van der Waals surface area contributed by atoms with Gasteiger partial charge < -0.3 is 0 Å². The van der Waals surface area contributed by atoms with Gasteiger partial charge in [0, 0.05) is 34.6 Å². The van der Waals surface area contributed by atoms with Crippen LogP contribution in [0.3, 0.4) is 0 Å². The van der Waals surface area contributed by atoms with Gasteiger partial charge in [-0.2, -0.15) is 4.80 Å². The Kier molecular flexibility index (Phi) is 10.3. The Morgan fingerprint density at radius 1 is 0.317 bits per heavy atom. The van der Waals surface area contributed by atoms with Crippen LogP contribution in [0, 0.1) is 0 Å². The highest BCUT2D eigenvalue weighted by Crippen LogP contribution is 2.52. The van der Waals surface area contributed by atoms with E-state index in [2.05, 4.69) is 182 Å². The molecule has 5 nitrogen and oxygen atoms in total. The van der Waals surface area contributed by atoms with E-state index >= 15 is 0 Å². The third-order valence-electron chi connectivity index (χ3n) is 12.9. The van der Waals surface area contributed by atoms with Crippen LogP contribution >= 0.6 is 0 Å². The molecule has 302 valence electrons. The molecular weight excluding hydrogens is 767 g/mol. The normalized spacial score (nSPS) is 16.2. The molecule has 0 spiro atoms. The molecule has 0 saturated heterocycles. The zero-order valence-electron chi connectivity index (χ0n) is 34.9. The fourth-order valence-electron chi connectivity index (χ4n) is 9.84. The van der Waals surface area contributed by atoms with Crippen molar-refractivity contribution in [3.8, 4) is 61.6 Å². The van der Waals surface area contributed by atoms with E-state index in [4.69, 9.17) is 20.2 Å². The van der Waals surface area contributed by atoms with Crippen molar-refractivity contribution < 1.29 is 0 Å². The van der Waals surface area contributed by atoms with E-state index < -0.39 is 0 Å². The van der Waals surface area contributed by atoms with Gasteiger partial charge in [0.15, 0.2) is 0 Å². The predicted molar refractivity (Wildman–Crippen MR) is 257 cm³/mol. The number of nitrogens with zero attached hydrogens (tertiary/aromatic N) is 5. The van der Waals surface area contributed by atoms with E-state index in [-0.39, 0.29) is 0 Å². The van der Waals surface area contributed by atoms with Gasteiger partial charge >= 0.3 is 0 Å². The number of aromatic nitrogens is 5. The molecule has 0 radical (unpaired) electrons. The lowest BCUT2D eigenvalue weighted by molar-refractivity contribution is 0.353.